The molecule has 0 N–H and O–H groups in total. The van der Waals surface area contributed by atoms with Gasteiger partial charge in [0.1, 0.15) is 0 Å². The number of thiophene rings is 1. The minimum absolute atomic E-state index is 0.632. The van der Waals surface area contributed by atoms with Crippen molar-refractivity contribution in [3.05, 3.63) is 231 Å². The van der Waals surface area contributed by atoms with Crippen LogP contribution in [0.15, 0.2) is 231 Å². The third-order valence-corrected chi connectivity index (χ3v) is 14.0. The molecule has 0 amide bonds. The molecule has 0 unspecified atom stereocenters. The molecule has 13 rings (SSSR count). The summed E-state index contributed by atoms with van der Waals surface area (Å²) in [6.45, 7) is 0. The Kier molecular flexibility index (Phi) is 9.00. The maximum atomic E-state index is 5.00. The highest BCUT2D eigenvalue weighted by molar-refractivity contribution is 7.25. The first kappa shape index (κ1) is 38.0. The van der Waals surface area contributed by atoms with Crippen LogP contribution in [0.3, 0.4) is 0 Å². The summed E-state index contributed by atoms with van der Waals surface area (Å²) in [5.74, 6) is 1.92. The zero-order valence-electron chi connectivity index (χ0n) is 35.6. The molecular weight excluding hydrogens is 821 g/mol. The highest BCUT2D eigenvalue weighted by Gasteiger charge is 2.17. The standard InChI is InChI=1S/C61H38N4S/c1-3-12-42(13-4-1)59-62-60(43-14-5-2-6-15-43)64-61(63-59)44-25-30-50(31-26-44)65-55-32-27-47(36-52(55)53-37-49(28-33-56(53)65)46-24-23-39-11-7-8-16-45(39)35-46)40-19-21-41(22-20-40)48-29-34-58-54(38-48)51-17-9-10-18-57(51)66-58/h1-38H. The van der Waals surface area contributed by atoms with Gasteiger partial charge in [-0.2, -0.15) is 0 Å². The Hall–Kier alpha value is -8.51. The van der Waals surface area contributed by atoms with Crippen molar-refractivity contribution in [3.8, 4) is 73.2 Å². The molecule has 0 aliphatic heterocycles. The lowest BCUT2D eigenvalue weighted by molar-refractivity contribution is 1.07. The minimum Gasteiger partial charge on any atom is -0.309 e. The predicted molar refractivity (Wildman–Crippen MR) is 277 cm³/mol. The van der Waals surface area contributed by atoms with Gasteiger partial charge in [0.2, 0.25) is 0 Å². The van der Waals surface area contributed by atoms with Crippen LogP contribution < -0.4 is 0 Å². The zero-order valence-corrected chi connectivity index (χ0v) is 36.5. The summed E-state index contributed by atoms with van der Waals surface area (Å²) in [5, 5.41) is 7.51. The average molecular weight is 859 g/mol. The SMILES string of the molecule is c1ccc(-c2nc(-c3ccccc3)nc(-c3ccc(-n4c5ccc(-c6ccc(-c7ccc8sc9ccccc9c8c7)cc6)cc5c5cc(-c6ccc7ccccc7c6)ccc54)cc3)n2)cc1. The molecule has 0 aliphatic carbocycles. The van der Waals surface area contributed by atoms with Crippen molar-refractivity contribution < 1.29 is 0 Å². The van der Waals surface area contributed by atoms with Gasteiger partial charge < -0.3 is 4.57 Å². The van der Waals surface area contributed by atoms with Crippen LogP contribution in [0.2, 0.25) is 0 Å². The van der Waals surface area contributed by atoms with E-state index in [0.29, 0.717) is 17.5 Å². The number of fused-ring (bicyclic) bond motifs is 7. The second kappa shape index (κ2) is 15.6. The molecule has 0 saturated carbocycles. The van der Waals surface area contributed by atoms with E-state index in [0.717, 1.165) is 33.4 Å². The van der Waals surface area contributed by atoms with Crippen LogP contribution in [0.25, 0.3) is 126 Å². The third kappa shape index (κ3) is 6.64. The van der Waals surface area contributed by atoms with Crippen LogP contribution >= 0.6 is 11.3 Å². The van der Waals surface area contributed by atoms with Gasteiger partial charge in [-0.05, 0) is 117 Å². The van der Waals surface area contributed by atoms with Crippen molar-refractivity contribution in [1.82, 2.24) is 19.5 Å². The number of nitrogens with zero attached hydrogens (tertiary/aromatic N) is 4. The summed E-state index contributed by atoms with van der Waals surface area (Å²) in [6, 6.07) is 82.6. The lowest BCUT2D eigenvalue weighted by Gasteiger charge is -2.11. The molecule has 0 atom stereocenters. The van der Waals surface area contributed by atoms with E-state index in [9.17, 15) is 0 Å². The van der Waals surface area contributed by atoms with Crippen LogP contribution in [-0.2, 0) is 0 Å². The molecule has 308 valence electrons. The molecule has 4 nitrogen and oxygen atoms in total. The van der Waals surface area contributed by atoms with E-state index in [1.165, 1.54) is 75.1 Å². The number of aromatic nitrogens is 4. The molecule has 10 aromatic carbocycles. The van der Waals surface area contributed by atoms with E-state index in [1.807, 2.05) is 72.0 Å². The van der Waals surface area contributed by atoms with Crippen molar-refractivity contribution in [1.29, 1.82) is 0 Å². The second-order valence-corrected chi connectivity index (χ2v) is 17.9. The van der Waals surface area contributed by atoms with E-state index >= 15 is 0 Å². The maximum Gasteiger partial charge on any atom is 0.164 e. The van der Waals surface area contributed by atoms with E-state index < -0.39 is 0 Å². The molecule has 3 aromatic heterocycles. The van der Waals surface area contributed by atoms with Gasteiger partial charge in [-0.15, -0.1) is 11.3 Å². The fourth-order valence-electron chi connectivity index (χ4n) is 9.49. The molecule has 0 aliphatic rings. The second-order valence-electron chi connectivity index (χ2n) is 16.8. The molecule has 0 saturated heterocycles. The Morgan fingerprint density at radius 2 is 0.697 bits per heavy atom. The van der Waals surface area contributed by atoms with Crippen molar-refractivity contribution >= 4 is 64.1 Å². The molecular formula is C61H38N4S. The summed E-state index contributed by atoms with van der Waals surface area (Å²) in [7, 11) is 0. The highest BCUT2D eigenvalue weighted by atomic mass is 32.1. The first-order chi connectivity index (χ1) is 32.7. The molecule has 0 fully saturated rings. The van der Waals surface area contributed by atoms with Gasteiger partial charge in [0.25, 0.3) is 0 Å². The van der Waals surface area contributed by atoms with Crippen LogP contribution in [0.5, 0.6) is 0 Å². The van der Waals surface area contributed by atoms with E-state index in [2.05, 4.69) is 174 Å². The summed E-state index contributed by atoms with van der Waals surface area (Å²) < 4.78 is 5.03. The van der Waals surface area contributed by atoms with Gasteiger partial charge in [-0.25, -0.2) is 15.0 Å². The molecule has 0 spiro atoms. The van der Waals surface area contributed by atoms with Gasteiger partial charge in [0, 0.05) is 53.3 Å². The summed E-state index contributed by atoms with van der Waals surface area (Å²) >= 11 is 1.86. The van der Waals surface area contributed by atoms with Crippen LogP contribution in [-0.4, -0.2) is 19.5 Å². The van der Waals surface area contributed by atoms with Crippen molar-refractivity contribution in [3.63, 3.8) is 0 Å². The topological polar surface area (TPSA) is 43.6 Å². The fourth-order valence-corrected chi connectivity index (χ4v) is 10.6. The van der Waals surface area contributed by atoms with Gasteiger partial charge in [0.05, 0.1) is 11.0 Å². The van der Waals surface area contributed by atoms with Crippen molar-refractivity contribution in [2.45, 2.75) is 0 Å². The van der Waals surface area contributed by atoms with Gasteiger partial charge in [-0.3, -0.25) is 0 Å². The Morgan fingerprint density at radius 1 is 0.273 bits per heavy atom. The molecule has 5 heteroatoms. The number of rotatable bonds is 7. The van der Waals surface area contributed by atoms with Crippen molar-refractivity contribution in [2.75, 3.05) is 0 Å². The number of benzene rings is 10. The van der Waals surface area contributed by atoms with Crippen molar-refractivity contribution in [2.24, 2.45) is 0 Å². The molecule has 3 heterocycles. The normalized spacial score (nSPS) is 11.6. The fraction of sp³-hybridized carbons (Fsp3) is 0. The lowest BCUT2D eigenvalue weighted by atomic mass is 9.97. The Balaban J connectivity index is 0.915. The smallest absolute Gasteiger partial charge is 0.164 e. The minimum atomic E-state index is 0.632. The monoisotopic (exact) mass is 858 g/mol. The third-order valence-electron chi connectivity index (χ3n) is 12.9. The first-order valence-corrected chi connectivity index (χ1v) is 23.1. The number of hydrogen-bond donors (Lipinski definition) is 0. The lowest BCUT2D eigenvalue weighted by Crippen LogP contribution is -2.00. The van der Waals surface area contributed by atoms with Gasteiger partial charge in [-0.1, -0.05) is 158 Å². The summed E-state index contributed by atoms with van der Waals surface area (Å²) in [5.41, 5.74) is 13.3. The van der Waals surface area contributed by atoms with Crippen LogP contribution in [0, 0.1) is 0 Å². The van der Waals surface area contributed by atoms with Crippen LogP contribution in [0.1, 0.15) is 0 Å². The van der Waals surface area contributed by atoms with Gasteiger partial charge in [0.15, 0.2) is 17.5 Å². The van der Waals surface area contributed by atoms with Gasteiger partial charge >= 0.3 is 0 Å². The largest absolute Gasteiger partial charge is 0.309 e. The van der Waals surface area contributed by atoms with E-state index in [4.69, 9.17) is 15.0 Å². The quantitative estimate of drug-likeness (QED) is 0.160. The molecule has 66 heavy (non-hydrogen) atoms. The predicted octanol–water partition coefficient (Wildman–Crippen LogP) is 16.5. The van der Waals surface area contributed by atoms with E-state index in [1.54, 1.807) is 0 Å². The molecule has 0 radical (unpaired) electrons. The Labute approximate surface area is 385 Å². The maximum absolute atomic E-state index is 5.00. The zero-order chi connectivity index (χ0) is 43.6. The first-order valence-electron chi connectivity index (χ1n) is 22.2. The summed E-state index contributed by atoms with van der Waals surface area (Å²) in [6.07, 6.45) is 0. The van der Waals surface area contributed by atoms with E-state index in [-0.39, 0.29) is 0 Å². The molecule has 0 bridgehead atoms. The Morgan fingerprint density at radius 3 is 1.32 bits per heavy atom. The Bertz CT molecular complexity index is 3910. The molecule has 13 aromatic rings. The average Bonchev–Trinajstić information content (AvgIpc) is 3.93. The van der Waals surface area contributed by atoms with Crippen LogP contribution in [0.4, 0.5) is 0 Å². The summed E-state index contributed by atoms with van der Waals surface area (Å²) in [4.78, 5) is 14.9. The number of hydrogen-bond acceptors (Lipinski definition) is 4. The highest BCUT2D eigenvalue weighted by Crippen LogP contribution is 2.40.